The van der Waals surface area contributed by atoms with Crippen molar-refractivity contribution in [2.24, 2.45) is 0 Å². The first kappa shape index (κ1) is 13.4. The Morgan fingerprint density at radius 3 is 2.37 bits per heavy atom. The Morgan fingerprint density at radius 2 is 1.79 bits per heavy atom. The number of anilines is 1. The van der Waals surface area contributed by atoms with Crippen LogP contribution in [0.4, 0.5) is 5.82 Å². The first-order valence-electron chi connectivity index (χ1n) is 5.63. The van der Waals surface area contributed by atoms with Crippen LogP contribution in [0.5, 0.6) is 5.75 Å². The predicted molar refractivity (Wildman–Crippen MR) is 72.4 cm³/mol. The molecule has 2 rings (SSSR count). The molecule has 19 heavy (non-hydrogen) atoms. The minimum atomic E-state index is -3.98. The first-order chi connectivity index (χ1) is 8.90. The molecule has 0 spiro atoms. The van der Waals surface area contributed by atoms with Crippen LogP contribution in [0.1, 0.15) is 11.3 Å². The van der Waals surface area contributed by atoms with E-state index in [1.54, 1.807) is 50.2 Å². The molecule has 5 nitrogen and oxygen atoms in total. The quantitative estimate of drug-likeness (QED) is 0.869. The van der Waals surface area contributed by atoms with Crippen LogP contribution in [-0.4, -0.2) is 13.4 Å². The van der Waals surface area contributed by atoms with Gasteiger partial charge in [-0.2, -0.15) is 8.42 Å². The number of nitrogens with two attached hydrogens (primary N) is 1. The standard InChI is InChI=1S/C13H14N2O3S/c1-9-8-10(2)15-13(14)12(9)19(16,17)18-11-6-4-3-5-7-11/h3-8H,1-2H3,(H2,14,15). The molecule has 0 bridgehead atoms. The number of nitrogen functional groups attached to an aromatic ring is 1. The van der Waals surface area contributed by atoms with Crippen molar-refractivity contribution in [1.29, 1.82) is 0 Å². The van der Waals surface area contributed by atoms with E-state index in [0.29, 0.717) is 11.3 Å². The average molecular weight is 278 g/mol. The van der Waals surface area contributed by atoms with Gasteiger partial charge in [0.2, 0.25) is 0 Å². The van der Waals surface area contributed by atoms with Crippen LogP contribution in [0.15, 0.2) is 41.3 Å². The van der Waals surface area contributed by atoms with E-state index in [-0.39, 0.29) is 16.5 Å². The molecule has 0 unspecified atom stereocenters. The molecule has 0 saturated heterocycles. The lowest BCUT2D eigenvalue weighted by molar-refractivity contribution is 0.485. The van der Waals surface area contributed by atoms with Crippen molar-refractivity contribution in [3.63, 3.8) is 0 Å². The van der Waals surface area contributed by atoms with Gasteiger partial charge in [0.25, 0.3) is 0 Å². The minimum absolute atomic E-state index is 0.0477. The molecule has 0 saturated carbocycles. The van der Waals surface area contributed by atoms with Gasteiger partial charge in [0.05, 0.1) is 0 Å². The lowest BCUT2D eigenvalue weighted by atomic mass is 10.2. The summed E-state index contributed by atoms with van der Waals surface area (Å²) in [6, 6.07) is 9.92. The number of aryl methyl sites for hydroxylation is 2. The largest absolute Gasteiger partial charge is 0.382 e. The highest BCUT2D eigenvalue weighted by Gasteiger charge is 2.23. The van der Waals surface area contributed by atoms with Crippen molar-refractivity contribution in [3.05, 3.63) is 47.7 Å². The van der Waals surface area contributed by atoms with Crippen LogP contribution >= 0.6 is 0 Å². The maximum Gasteiger partial charge on any atom is 0.343 e. The highest BCUT2D eigenvalue weighted by atomic mass is 32.2. The van der Waals surface area contributed by atoms with E-state index in [1.807, 2.05) is 0 Å². The number of rotatable bonds is 3. The lowest BCUT2D eigenvalue weighted by Gasteiger charge is -2.11. The highest BCUT2D eigenvalue weighted by molar-refractivity contribution is 7.87. The molecule has 100 valence electrons. The van der Waals surface area contributed by atoms with E-state index >= 15 is 0 Å². The molecule has 0 amide bonds. The van der Waals surface area contributed by atoms with Gasteiger partial charge in [-0.3, -0.25) is 0 Å². The zero-order chi connectivity index (χ0) is 14.0. The van der Waals surface area contributed by atoms with Crippen molar-refractivity contribution in [2.75, 3.05) is 5.73 Å². The molecule has 6 heteroatoms. The number of para-hydroxylation sites is 1. The Bertz CT molecular complexity index is 674. The molecule has 0 aliphatic heterocycles. The van der Waals surface area contributed by atoms with E-state index in [1.165, 1.54) is 0 Å². The molecule has 0 aliphatic carbocycles. The Hall–Kier alpha value is -2.08. The molecule has 1 aromatic heterocycles. The molecular weight excluding hydrogens is 264 g/mol. The number of hydrogen-bond donors (Lipinski definition) is 1. The fourth-order valence-electron chi connectivity index (χ4n) is 1.82. The average Bonchev–Trinajstić information content (AvgIpc) is 2.27. The van der Waals surface area contributed by atoms with Gasteiger partial charge in [-0.15, -0.1) is 0 Å². The van der Waals surface area contributed by atoms with Crippen LogP contribution in [0.2, 0.25) is 0 Å². The summed E-state index contributed by atoms with van der Waals surface area (Å²) in [5.74, 6) is 0.190. The summed E-state index contributed by atoms with van der Waals surface area (Å²) in [4.78, 5) is 3.88. The second-order valence-electron chi connectivity index (χ2n) is 4.15. The number of hydrogen-bond acceptors (Lipinski definition) is 5. The van der Waals surface area contributed by atoms with Crippen molar-refractivity contribution < 1.29 is 12.6 Å². The molecule has 1 aromatic carbocycles. The smallest absolute Gasteiger partial charge is 0.343 e. The van der Waals surface area contributed by atoms with Gasteiger partial charge in [0.1, 0.15) is 11.6 Å². The van der Waals surface area contributed by atoms with Crippen LogP contribution in [-0.2, 0) is 10.1 Å². The summed E-state index contributed by atoms with van der Waals surface area (Å²) in [6.45, 7) is 3.41. The minimum Gasteiger partial charge on any atom is -0.382 e. The molecule has 2 aromatic rings. The van der Waals surface area contributed by atoms with Gasteiger partial charge in [0.15, 0.2) is 4.90 Å². The monoisotopic (exact) mass is 278 g/mol. The first-order valence-corrected chi connectivity index (χ1v) is 7.04. The zero-order valence-corrected chi connectivity index (χ0v) is 11.4. The van der Waals surface area contributed by atoms with Crippen LogP contribution < -0.4 is 9.92 Å². The maximum atomic E-state index is 12.2. The van der Waals surface area contributed by atoms with E-state index in [0.717, 1.165) is 0 Å². The number of aromatic nitrogens is 1. The molecule has 0 fully saturated rings. The van der Waals surface area contributed by atoms with Gasteiger partial charge < -0.3 is 9.92 Å². The number of pyridine rings is 1. The van der Waals surface area contributed by atoms with E-state index in [2.05, 4.69) is 4.98 Å². The fourth-order valence-corrected chi connectivity index (χ4v) is 3.03. The van der Waals surface area contributed by atoms with E-state index in [9.17, 15) is 8.42 Å². The molecule has 2 N–H and O–H groups in total. The lowest BCUT2D eigenvalue weighted by Crippen LogP contribution is -2.15. The summed E-state index contributed by atoms with van der Waals surface area (Å²) in [7, 11) is -3.98. The van der Waals surface area contributed by atoms with Crippen LogP contribution in [0, 0.1) is 13.8 Å². The van der Waals surface area contributed by atoms with Gasteiger partial charge in [-0.1, -0.05) is 18.2 Å². The number of benzene rings is 1. The molecular formula is C13H14N2O3S. The molecule has 0 aliphatic rings. The Morgan fingerprint density at radius 1 is 1.16 bits per heavy atom. The van der Waals surface area contributed by atoms with Crippen molar-refractivity contribution >= 4 is 15.9 Å². The van der Waals surface area contributed by atoms with Crippen molar-refractivity contribution in [3.8, 4) is 5.75 Å². The van der Waals surface area contributed by atoms with Gasteiger partial charge in [0, 0.05) is 5.69 Å². The third kappa shape index (κ3) is 2.85. The summed E-state index contributed by atoms with van der Waals surface area (Å²) in [6.07, 6.45) is 0. The Labute approximate surface area is 112 Å². The van der Waals surface area contributed by atoms with Crippen molar-refractivity contribution in [1.82, 2.24) is 4.98 Å². The van der Waals surface area contributed by atoms with Gasteiger partial charge in [-0.05, 0) is 37.6 Å². The predicted octanol–water partition coefficient (Wildman–Crippen LogP) is 2.05. The Balaban J connectivity index is 2.46. The SMILES string of the molecule is Cc1cc(C)c(S(=O)(=O)Oc2ccccc2)c(N)n1. The summed E-state index contributed by atoms with van der Waals surface area (Å²) < 4.78 is 29.5. The Kier molecular flexibility index (Phi) is 3.44. The summed E-state index contributed by atoms with van der Waals surface area (Å²) in [5.41, 5.74) is 6.87. The second-order valence-corrected chi connectivity index (χ2v) is 5.63. The van der Waals surface area contributed by atoms with E-state index in [4.69, 9.17) is 9.92 Å². The third-order valence-electron chi connectivity index (χ3n) is 2.51. The van der Waals surface area contributed by atoms with E-state index < -0.39 is 10.1 Å². The molecule has 1 heterocycles. The summed E-state index contributed by atoms with van der Waals surface area (Å²) >= 11 is 0. The molecule has 0 radical (unpaired) electrons. The fraction of sp³-hybridized carbons (Fsp3) is 0.154. The van der Waals surface area contributed by atoms with Gasteiger partial charge in [-0.25, -0.2) is 4.98 Å². The topological polar surface area (TPSA) is 82.3 Å². The zero-order valence-electron chi connectivity index (χ0n) is 10.6. The van der Waals surface area contributed by atoms with Crippen molar-refractivity contribution in [2.45, 2.75) is 18.7 Å². The second kappa shape index (κ2) is 4.89. The van der Waals surface area contributed by atoms with Gasteiger partial charge >= 0.3 is 10.1 Å². The summed E-state index contributed by atoms with van der Waals surface area (Å²) in [5, 5.41) is 0. The molecule has 0 atom stereocenters. The van der Waals surface area contributed by atoms with Crippen LogP contribution in [0.3, 0.4) is 0 Å². The highest BCUT2D eigenvalue weighted by Crippen LogP contribution is 2.25. The number of nitrogens with zero attached hydrogens (tertiary/aromatic N) is 1. The van der Waals surface area contributed by atoms with Crippen LogP contribution in [0.25, 0.3) is 0 Å². The normalized spacial score (nSPS) is 11.3. The maximum absolute atomic E-state index is 12.2. The third-order valence-corrected chi connectivity index (χ3v) is 3.96.